The Hall–Kier alpha value is -1.95. The van der Waals surface area contributed by atoms with Crippen molar-refractivity contribution in [1.29, 1.82) is 0 Å². The smallest absolute Gasteiger partial charge is 0.469 e. The quantitative estimate of drug-likeness (QED) is 0.912. The molecule has 118 valence electrons. The molecule has 2 aromatic rings. The molecule has 1 aromatic carbocycles. The molecule has 1 N–H and O–H groups in total. The van der Waals surface area contributed by atoms with Gasteiger partial charge in [0.1, 0.15) is 11.5 Å². The van der Waals surface area contributed by atoms with E-state index < -0.39 is 6.36 Å². The zero-order valence-electron chi connectivity index (χ0n) is 11.8. The van der Waals surface area contributed by atoms with Crippen molar-refractivity contribution < 1.29 is 22.3 Å². The van der Waals surface area contributed by atoms with Crippen LogP contribution in [-0.2, 0) is 13.0 Å². The average Bonchev–Trinajstić information content (AvgIpc) is 2.92. The minimum Gasteiger partial charge on any atom is -0.469 e. The SMILES string of the molecule is FC(F)(F)Oc1cccc(CNC2CCCc3occc32)c1. The fourth-order valence-corrected chi connectivity index (χ4v) is 2.79. The number of benzene rings is 1. The van der Waals surface area contributed by atoms with E-state index >= 15 is 0 Å². The molecule has 1 aliphatic rings. The fraction of sp³-hybridized carbons (Fsp3) is 0.375. The summed E-state index contributed by atoms with van der Waals surface area (Å²) in [4.78, 5) is 0. The molecule has 0 amide bonds. The van der Waals surface area contributed by atoms with E-state index in [1.807, 2.05) is 6.07 Å². The van der Waals surface area contributed by atoms with Crippen molar-refractivity contribution in [2.75, 3.05) is 0 Å². The maximum absolute atomic E-state index is 12.2. The molecule has 1 aliphatic carbocycles. The van der Waals surface area contributed by atoms with Gasteiger partial charge in [-0.25, -0.2) is 0 Å². The monoisotopic (exact) mass is 311 g/mol. The number of alkyl halides is 3. The second-order valence-corrected chi connectivity index (χ2v) is 5.32. The number of ether oxygens (including phenoxy) is 1. The number of nitrogens with one attached hydrogen (secondary N) is 1. The lowest BCUT2D eigenvalue weighted by molar-refractivity contribution is -0.274. The van der Waals surface area contributed by atoms with Crippen LogP contribution in [0.4, 0.5) is 13.2 Å². The minimum atomic E-state index is -4.67. The number of halogens is 3. The molecule has 3 nitrogen and oxygen atoms in total. The maximum atomic E-state index is 12.2. The molecule has 22 heavy (non-hydrogen) atoms. The van der Waals surface area contributed by atoms with Crippen molar-refractivity contribution in [3.05, 3.63) is 53.5 Å². The number of rotatable bonds is 4. The number of hydrogen-bond acceptors (Lipinski definition) is 3. The summed E-state index contributed by atoms with van der Waals surface area (Å²) in [6.07, 6.45) is -0.0142. The predicted molar refractivity (Wildman–Crippen MR) is 74.4 cm³/mol. The second-order valence-electron chi connectivity index (χ2n) is 5.32. The lowest BCUT2D eigenvalue weighted by Crippen LogP contribution is -2.24. The van der Waals surface area contributed by atoms with Crippen LogP contribution in [0.1, 0.15) is 35.8 Å². The van der Waals surface area contributed by atoms with E-state index in [1.165, 1.54) is 12.1 Å². The van der Waals surface area contributed by atoms with Crippen LogP contribution in [0, 0.1) is 0 Å². The highest BCUT2D eigenvalue weighted by molar-refractivity contribution is 5.29. The van der Waals surface area contributed by atoms with E-state index in [0.717, 1.165) is 36.1 Å². The summed E-state index contributed by atoms with van der Waals surface area (Å²) in [5.74, 6) is 0.803. The van der Waals surface area contributed by atoms with Crippen LogP contribution >= 0.6 is 0 Å². The van der Waals surface area contributed by atoms with Crippen LogP contribution in [0.2, 0.25) is 0 Å². The number of fused-ring (bicyclic) bond motifs is 1. The van der Waals surface area contributed by atoms with E-state index in [-0.39, 0.29) is 11.8 Å². The minimum absolute atomic E-state index is 0.176. The molecule has 0 fully saturated rings. The zero-order chi connectivity index (χ0) is 15.6. The van der Waals surface area contributed by atoms with Gasteiger partial charge in [-0.3, -0.25) is 0 Å². The van der Waals surface area contributed by atoms with Crippen molar-refractivity contribution in [3.63, 3.8) is 0 Å². The summed E-state index contributed by atoms with van der Waals surface area (Å²) in [6, 6.07) is 8.16. The summed E-state index contributed by atoms with van der Waals surface area (Å²) >= 11 is 0. The Labute approximate surface area is 126 Å². The molecule has 0 bridgehead atoms. The van der Waals surface area contributed by atoms with Crippen molar-refractivity contribution >= 4 is 0 Å². The summed E-state index contributed by atoms with van der Waals surface area (Å²) in [5.41, 5.74) is 1.89. The molecule has 6 heteroatoms. The molecule has 0 spiro atoms. The summed E-state index contributed by atoms with van der Waals surface area (Å²) in [6.45, 7) is 0.477. The summed E-state index contributed by atoms with van der Waals surface area (Å²) in [7, 11) is 0. The van der Waals surface area contributed by atoms with Crippen LogP contribution in [0.3, 0.4) is 0 Å². The molecule has 1 heterocycles. The molecular weight excluding hydrogens is 295 g/mol. The lowest BCUT2D eigenvalue weighted by atomic mass is 9.93. The third-order valence-electron chi connectivity index (χ3n) is 3.74. The molecule has 0 saturated heterocycles. The van der Waals surface area contributed by atoms with Gasteiger partial charge in [-0.2, -0.15) is 0 Å². The number of hydrogen-bond donors (Lipinski definition) is 1. The van der Waals surface area contributed by atoms with Crippen molar-refractivity contribution in [1.82, 2.24) is 5.32 Å². The molecule has 0 saturated carbocycles. The topological polar surface area (TPSA) is 34.4 Å². The van der Waals surface area contributed by atoms with Gasteiger partial charge < -0.3 is 14.5 Å². The Morgan fingerprint density at radius 2 is 2.14 bits per heavy atom. The third kappa shape index (κ3) is 3.62. The molecule has 1 unspecified atom stereocenters. The van der Waals surface area contributed by atoms with Gasteiger partial charge in [0.15, 0.2) is 0 Å². The highest BCUT2D eigenvalue weighted by Crippen LogP contribution is 2.31. The second kappa shape index (κ2) is 6.04. The third-order valence-corrected chi connectivity index (χ3v) is 3.74. The van der Waals surface area contributed by atoms with E-state index in [4.69, 9.17) is 4.42 Å². The highest BCUT2D eigenvalue weighted by atomic mass is 19.4. The first-order chi connectivity index (χ1) is 10.5. The van der Waals surface area contributed by atoms with Crippen LogP contribution in [0.15, 0.2) is 41.0 Å². The molecular formula is C16H16F3NO2. The number of furan rings is 1. The first-order valence-corrected chi connectivity index (χ1v) is 7.15. The first kappa shape index (κ1) is 15.0. The Kier molecular flexibility index (Phi) is 4.11. The lowest BCUT2D eigenvalue weighted by Gasteiger charge is -2.23. The van der Waals surface area contributed by atoms with E-state index in [1.54, 1.807) is 18.4 Å². The molecule has 0 aliphatic heterocycles. The van der Waals surface area contributed by atoms with Gasteiger partial charge in [-0.05, 0) is 36.6 Å². The van der Waals surface area contributed by atoms with Gasteiger partial charge in [0, 0.05) is 24.6 Å². The maximum Gasteiger partial charge on any atom is 0.573 e. The van der Waals surface area contributed by atoms with Crippen molar-refractivity contribution in [2.45, 2.75) is 38.2 Å². The van der Waals surface area contributed by atoms with E-state index in [2.05, 4.69) is 10.1 Å². The highest BCUT2D eigenvalue weighted by Gasteiger charge is 2.31. The largest absolute Gasteiger partial charge is 0.573 e. The predicted octanol–water partition coefficient (Wildman–Crippen LogP) is 4.35. The molecule has 1 aromatic heterocycles. The first-order valence-electron chi connectivity index (χ1n) is 7.15. The van der Waals surface area contributed by atoms with Crippen LogP contribution in [0.25, 0.3) is 0 Å². The van der Waals surface area contributed by atoms with Crippen LogP contribution < -0.4 is 10.1 Å². The van der Waals surface area contributed by atoms with E-state index in [0.29, 0.717) is 6.54 Å². The summed E-state index contributed by atoms with van der Waals surface area (Å²) < 4.78 is 46.1. The Bertz CT molecular complexity index is 636. The van der Waals surface area contributed by atoms with Gasteiger partial charge in [-0.1, -0.05) is 12.1 Å². The van der Waals surface area contributed by atoms with Gasteiger partial charge in [0.25, 0.3) is 0 Å². The number of aryl methyl sites for hydroxylation is 1. The fourth-order valence-electron chi connectivity index (χ4n) is 2.79. The van der Waals surface area contributed by atoms with Gasteiger partial charge in [0.2, 0.25) is 0 Å². The molecule has 3 rings (SSSR count). The van der Waals surface area contributed by atoms with Crippen molar-refractivity contribution in [3.8, 4) is 5.75 Å². The zero-order valence-corrected chi connectivity index (χ0v) is 11.8. The Morgan fingerprint density at radius 1 is 1.27 bits per heavy atom. The van der Waals surface area contributed by atoms with Crippen molar-refractivity contribution in [2.24, 2.45) is 0 Å². The molecule has 0 radical (unpaired) electrons. The average molecular weight is 311 g/mol. The Morgan fingerprint density at radius 3 is 2.95 bits per heavy atom. The van der Waals surface area contributed by atoms with Gasteiger partial charge in [-0.15, -0.1) is 13.2 Å². The van der Waals surface area contributed by atoms with Gasteiger partial charge >= 0.3 is 6.36 Å². The summed E-state index contributed by atoms with van der Waals surface area (Å²) in [5, 5.41) is 3.37. The van der Waals surface area contributed by atoms with Crippen LogP contribution in [-0.4, -0.2) is 6.36 Å². The Balaban J connectivity index is 1.64. The molecule has 1 atom stereocenters. The van der Waals surface area contributed by atoms with E-state index in [9.17, 15) is 13.2 Å². The van der Waals surface area contributed by atoms with Gasteiger partial charge in [0.05, 0.1) is 6.26 Å². The van der Waals surface area contributed by atoms with Crippen LogP contribution in [0.5, 0.6) is 5.75 Å². The standard InChI is InChI=1S/C16H16F3NO2/c17-16(18,19)22-12-4-1-3-11(9-12)10-20-14-5-2-6-15-13(14)7-8-21-15/h1,3-4,7-9,14,20H,2,5-6,10H2. The normalized spacial score (nSPS) is 18.0.